The number of nitrogens with zero attached hydrogens (tertiary/aromatic N) is 6. The van der Waals surface area contributed by atoms with Crippen molar-refractivity contribution in [3.63, 3.8) is 0 Å². The molecule has 0 aliphatic carbocycles. The summed E-state index contributed by atoms with van der Waals surface area (Å²) in [6.45, 7) is 4.35. The maximum Gasteiger partial charge on any atom is 0.573 e. The van der Waals surface area contributed by atoms with Gasteiger partial charge in [0.05, 0.1) is 4.90 Å². The van der Waals surface area contributed by atoms with Gasteiger partial charge in [-0.05, 0) is 35.0 Å². The fourth-order valence-corrected chi connectivity index (χ4v) is 5.86. The Morgan fingerprint density at radius 2 is 1.66 bits per heavy atom. The van der Waals surface area contributed by atoms with Gasteiger partial charge in [0, 0.05) is 44.1 Å². The number of sulfonamides is 1. The molecule has 1 aromatic heterocycles. The average molecular weight is 692 g/mol. The summed E-state index contributed by atoms with van der Waals surface area (Å²) in [5.41, 5.74) is 6.29. The van der Waals surface area contributed by atoms with E-state index >= 15 is 0 Å². The summed E-state index contributed by atoms with van der Waals surface area (Å²) in [4.78, 5) is 26.3. The number of carboxylic acid groups (broad SMARTS) is 1. The Labute approximate surface area is 267 Å². The maximum atomic E-state index is 13.1. The van der Waals surface area contributed by atoms with E-state index in [2.05, 4.69) is 20.1 Å². The van der Waals surface area contributed by atoms with Crippen LogP contribution in [-0.4, -0.2) is 86.9 Å². The summed E-state index contributed by atoms with van der Waals surface area (Å²) in [5, 5.41) is 21.3. The number of carboxylic acids is 1. The lowest BCUT2D eigenvalue weighted by atomic mass is 10.0. The van der Waals surface area contributed by atoms with Crippen molar-refractivity contribution in [2.45, 2.75) is 69.4 Å². The van der Waals surface area contributed by atoms with Crippen molar-refractivity contribution in [3.05, 3.63) is 65.5 Å². The van der Waals surface area contributed by atoms with E-state index in [1.807, 2.05) is 13.8 Å². The standard InChI is InChI=1S/C18H21F3N6O6S.C10H13F2N/c1-11(2)16-22-24-27(23-16)10-15(28)25-7-8-26(14(9-25)17(29)30)34(31,32)13-5-3-12(4-6-13)33-18(19,20)21;1-2-10(11,12)9-5-3-8(7-13)4-6-9/h3-6,11,14H,7-10H2,1-2H3,(H,29,30);3-6H,2,7,13H2,1H3/t14-;/m1./s1. The average Bonchev–Trinajstić information content (AvgIpc) is 3.49. The predicted molar refractivity (Wildman–Crippen MR) is 155 cm³/mol. The van der Waals surface area contributed by atoms with Crippen LogP contribution in [0.5, 0.6) is 5.75 Å². The van der Waals surface area contributed by atoms with Crippen molar-refractivity contribution < 1.29 is 49.8 Å². The molecule has 4 rings (SSSR count). The molecule has 3 aromatic rings. The lowest BCUT2D eigenvalue weighted by Gasteiger charge is -2.38. The van der Waals surface area contributed by atoms with Gasteiger partial charge in [-0.1, -0.05) is 45.0 Å². The van der Waals surface area contributed by atoms with E-state index in [-0.39, 0.29) is 37.5 Å². The SMILES string of the molecule is CC(C)c1nnn(CC(=O)N2CCN(S(=O)(=O)c3ccc(OC(F)(F)F)cc3)[C@@H](C(=O)O)C2)n1.CCC(F)(F)c1ccc(CN)cc1. The smallest absolute Gasteiger partial charge is 0.480 e. The minimum absolute atomic E-state index is 0.0110. The van der Waals surface area contributed by atoms with E-state index < -0.39 is 57.4 Å². The van der Waals surface area contributed by atoms with Gasteiger partial charge >= 0.3 is 12.3 Å². The third-order valence-corrected chi connectivity index (χ3v) is 8.87. The predicted octanol–water partition coefficient (Wildman–Crippen LogP) is 3.33. The van der Waals surface area contributed by atoms with Gasteiger partial charge in [0.1, 0.15) is 18.3 Å². The molecular formula is C28H34F5N7O6S. The van der Waals surface area contributed by atoms with Crippen LogP contribution in [0, 0.1) is 0 Å². The highest BCUT2D eigenvalue weighted by Crippen LogP contribution is 2.31. The Balaban J connectivity index is 0.000000386. The highest BCUT2D eigenvalue weighted by Gasteiger charge is 2.41. The molecule has 0 bridgehead atoms. The van der Waals surface area contributed by atoms with E-state index in [1.165, 1.54) is 24.0 Å². The van der Waals surface area contributed by atoms with Crippen molar-refractivity contribution in [2.75, 3.05) is 19.6 Å². The highest BCUT2D eigenvalue weighted by atomic mass is 32.2. The summed E-state index contributed by atoms with van der Waals surface area (Å²) >= 11 is 0. The summed E-state index contributed by atoms with van der Waals surface area (Å²) in [6, 6.07) is 7.93. The van der Waals surface area contributed by atoms with Crippen molar-refractivity contribution in [1.29, 1.82) is 0 Å². The van der Waals surface area contributed by atoms with Gasteiger partial charge in [-0.2, -0.15) is 9.10 Å². The number of amides is 1. The largest absolute Gasteiger partial charge is 0.573 e. The number of hydrogen-bond donors (Lipinski definition) is 2. The Kier molecular flexibility index (Phi) is 12.0. The number of carbonyl (C=O) groups is 2. The van der Waals surface area contributed by atoms with Crippen LogP contribution < -0.4 is 10.5 Å². The molecular weight excluding hydrogens is 657 g/mol. The Morgan fingerprint density at radius 3 is 2.15 bits per heavy atom. The van der Waals surface area contributed by atoms with Gasteiger partial charge in [0.25, 0.3) is 5.92 Å². The first-order valence-corrected chi connectivity index (χ1v) is 15.6. The highest BCUT2D eigenvalue weighted by molar-refractivity contribution is 7.89. The molecule has 1 aliphatic rings. The number of rotatable bonds is 10. The van der Waals surface area contributed by atoms with Gasteiger partial charge in [-0.25, -0.2) is 17.2 Å². The van der Waals surface area contributed by atoms with E-state index in [1.54, 1.807) is 12.1 Å². The second kappa shape index (κ2) is 15.1. The molecule has 3 N–H and O–H groups in total. The summed E-state index contributed by atoms with van der Waals surface area (Å²) in [6.07, 6.45) is -5.12. The number of halogens is 5. The zero-order valence-corrected chi connectivity index (χ0v) is 26.4. The third kappa shape index (κ3) is 9.88. The van der Waals surface area contributed by atoms with Gasteiger partial charge in [-0.3, -0.25) is 9.59 Å². The first kappa shape index (κ1) is 37.2. The van der Waals surface area contributed by atoms with Gasteiger partial charge in [0.15, 0.2) is 5.82 Å². The topological polar surface area (TPSA) is 174 Å². The molecule has 0 saturated carbocycles. The lowest BCUT2D eigenvalue weighted by molar-refractivity contribution is -0.274. The molecule has 1 saturated heterocycles. The zero-order valence-electron chi connectivity index (χ0n) is 25.6. The Hall–Kier alpha value is -4.23. The second-order valence-electron chi connectivity index (χ2n) is 10.6. The fraction of sp³-hybridized carbons (Fsp3) is 0.464. The number of alkyl halides is 5. The van der Waals surface area contributed by atoms with Crippen LogP contribution >= 0.6 is 0 Å². The van der Waals surface area contributed by atoms with E-state index in [4.69, 9.17) is 5.73 Å². The molecule has 2 aromatic carbocycles. The second-order valence-corrected chi connectivity index (χ2v) is 12.5. The van der Waals surface area contributed by atoms with Gasteiger partial charge in [0.2, 0.25) is 15.9 Å². The van der Waals surface area contributed by atoms with Crippen LogP contribution in [0.4, 0.5) is 22.0 Å². The molecule has 1 fully saturated rings. The maximum absolute atomic E-state index is 13.1. The Morgan fingerprint density at radius 1 is 1.04 bits per heavy atom. The first-order chi connectivity index (χ1) is 21.9. The minimum Gasteiger partial charge on any atom is -0.480 e. The van der Waals surface area contributed by atoms with Crippen molar-refractivity contribution in [3.8, 4) is 5.75 Å². The molecule has 2 heterocycles. The summed E-state index contributed by atoms with van der Waals surface area (Å²) in [5.74, 6) is -4.93. The molecule has 19 heteroatoms. The molecule has 0 spiro atoms. The van der Waals surface area contributed by atoms with Gasteiger partial charge < -0.3 is 20.5 Å². The van der Waals surface area contributed by atoms with Crippen LogP contribution in [0.25, 0.3) is 0 Å². The molecule has 1 aliphatic heterocycles. The quantitative estimate of drug-likeness (QED) is 0.300. The monoisotopic (exact) mass is 691 g/mol. The van der Waals surface area contributed by atoms with Crippen LogP contribution in [0.1, 0.15) is 50.1 Å². The number of aliphatic carboxylic acids is 1. The molecule has 258 valence electrons. The fourth-order valence-electron chi connectivity index (χ4n) is 4.29. The number of tetrazole rings is 1. The molecule has 13 nitrogen and oxygen atoms in total. The minimum atomic E-state index is -4.95. The first-order valence-electron chi connectivity index (χ1n) is 14.2. The van der Waals surface area contributed by atoms with Crippen LogP contribution in [0.15, 0.2) is 53.4 Å². The zero-order chi connectivity index (χ0) is 35.2. The number of hydrogen-bond acceptors (Lipinski definition) is 9. The van der Waals surface area contributed by atoms with E-state index in [0.717, 1.165) is 34.6 Å². The van der Waals surface area contributed by atoms with Crippen molar-refractivity contribution in [2.24, 2.45) is 5.73 Å². The molecule has 1 atom stereocenters. The third-order valence-electron chi connectivity index (χ3n) is 6.95. The molecule has 47 heavy (non-hydrogen) atoms. The molecule has 1 amide bonds. The number of carbonyl (C=O) groups excluding carboxylic acids is 1. The van der Waals surface area contributed by atoms with E-state index in [0.29, 0.717) is 16.7 Å². The van der Waals surface area contributed by atoms with Crippen LogP contribution in [0.3, 0.4) is 0 Å². The number of ether oxygens (including phenoxy) is 1. The number of piperazine rings is 1. The van der Waals surface area contributed by atoms with E-state index in [9.17, 15) is 45.1 Å². The summed E-state index contributed by atoms with van der Waals surface area (Å²) in [7, 11) is -4.39. The van der Waals surface area contributed by atoms with Crippen LogP contribution in [0.2, 0.25) is 0 Å². The molecule has 0 radical (unpaired) electrons. The normalized spacial score (nSPS) is 16.0. The summed E-state index contributed by atoms with van der Waals surface area (Å²) < 4.78 is 93.6. The number of nitrogens with two attached hydrogens (primary N) is 1. The lowest BCUT2D eigenvalue weighted by Crippen LogP contribution is -2.59. The number of benzene rings is 2. The van der Waals surface area contributed by atoms with Crippen molar-refractivity contribution in [1.82, 2.24) is 29.4 Å². The van der Waals surface area contributed by atoms with Gasteiger partial charge in [-0.15, -0.1) is 23.4 Å². The number of aromatic nitrogens is 4. The molecule has 0 unspecified atom stereocenters. The van der Waals surface area contributed by atoms with Crippen molar-refractivity contribution >= 4 is 21.9 Å². The Bertz CT molecular complexity index is 1620. The van der Waals surface area contributed by atoms with Crippen LogP contribution in [-0.2, 0) is 38.6 Å².